The molecule has 0 radical (unpaired) electrons. The van der Waals surface area contributed by atoms with Crippen molar-refractivity contribution in [3.8, 4) is 0 Å². The van der Waals surface area contributed by atoms with Gasteiger partial charge < -0.3 is 10.1 Å². The van der Waals surface area contributed by atoms with E-state index < -0.39 is 15.1 Å². The third-order valence-corrected chi connectivity index (χ3v) is 2.26. The second-order valence-corrected chi connectivity index (χ2v) is 4.91. The number of methoxy groups -OCH3 is 1. The van der Waals surface area contributed by atoms with Gasteiger partial charge in [-0.05, 0) is 6.42 Å². The normalized spacial score (nSPS) is 10.8. The van der Waals surface area contributed by atoms with E-state index in [1.807, 2.05) is 0 Å². The Balaban J connectivity index is 3.40. The average molecular weight is 216 g/mol. The third kappa shape index (κ3) is 7.62. The molecule has 1 N–H and O–H groups in total. The summed E-state index contributed by atoms with van der Waals surface area (Å²) in [6, 6.07) is 0. The molecular formula is C5H10ClNO4S. The predicted molar refractivity (Wildman–Crippen MR) is 44.7 cm³/mol. The molecule has 0 heterocycles. The quantitative estimate of drug-likeness (QED) is 0.541. The maximum atomic E-state index is 10.4. The zero-order valence-corrected chi connectivity index (χ0v) is 8.11. The van der Waals surface area contributed by atoms with E-state index in [9.17, 15) is 13.2 Å². The largest absolute Gasteiger partial charge is 0.453 e. The average Bonchev–Trinajstić information content (AvgIpc) is 1.96. The van der Waals surface area contributed by atoms with Gasteiger partial charge in [-0.2, -0.15) is 0 Å². The zero-order valence-electron chi connectivity index (χ0n) is 6.54. The first-order valence-corrected chi connectivity index (χ1v) is 5.67. The fourth-order valence-corrected chi connectivity index (χ4v) is 1.32. The molecule has 0 saturated carbocycles. The lowest BCUT2D eigenvalue weighted by atomic mass is 10.5. The summed E-state index contributed by atoms with van der Waals surface area (Å²) in [5, 5.41) is 2.32. The van der Waals surface area contributed by atoms with Crippen molar-refractivity contribution in [3.05, 3.63) is 0 Å². The van der Waals surface area contributed by atoms with Gasteiger partial charge in [0.15, 0.2) is 0 Å². The number of nitrogens with one attached hydrogen (secondary N) is 1. The van der Waals surface area contributed by atoms with Crippen LogP contribution in [0.4, 0.5) is 4.79 Å². The molecule has 12 heavy (non-hydrogen) atoms. The van der Waals surface area contributed by atoms with Crippen LogP contribution in [0.15, 0.2) is 0 Å². The molecule has 0 aliphatic heterocycles. The molecule has 1 amide bonds. The van der Waals surface area contributed by atoms with Crippen molar-refractivity contribution in [2.75, 3.05) is 19.4 Å². The van der Waals surface area contributed by atoms with Gasteiger partial charge in [-0.15, -0.1) is 0 Å². The summed E-state index contributed by atoms with van der Waals surface area (Å²) in [7, 11) is 2.69. The van der Waals surface area contributed by atoms with Gasteiger partial charge in [0.2, 0.25) is 9.05 Å². The Kier molecular flexibility index (Phi) is 5.00. The van der Waals surface area contributed by atoms with Crippen molar-refractivity contribution in [2.24, 2.45) is 0 Å². The molecular weight excluding hydrogens is 206 g/mol. The molecule has 0 unspecified atom stereocenters. The van der Waals surface area contributed by atoms with Gasteiger partial charge in [-0.1, -0.05) is 0 Å². The number of amides is 1. The Labute approximate surface area is 75.5 Å². The summed E-state index contributed by atoms with van der Waals surface area (Å²) in [5.74, 6) is -0.154. The van der Waals surface area contributed by atoms with Crippen LogP contribution in [-0.4, -0.2) is 33.9 Å². The topological polar surface area (TPSA) is 72.5 Å². The summed E-state index contributed by atoms with van der Waals surface area (Å²) < 4.78 is 25.0. The van der Waals surface area contributed by atoms with E-state index in [0.29, 0.717) is 0 Å². The number of alkyl carbamates (subject to hydrolysis) is 1. The molecule has 5 nitrogen and oxygen atoms in total. The van der Waals surface area contributed by atoms with Gasteiger partial charge in [-0.25, -0.2) is 13.2 Å². The van der Waals surface area contributed by atoms with Gasteiger partial charge in [0.1, 0.15) is 0 Å². The maximum Gasteiger partial charge on any atom is 0.406 e. The second-order valence-electron chi connectivity index (χ2n) is 2.01. The van der Waals surface area contributed by atoms with Gasteiger partial charge in [0.05, 0.1) is 12.9 Å². The minimum atomic E-state index is -3.45. The Hall–Kier alpha value is -0.490. The van der Waals surface area contributed by atoms with E-state index in [1.54, 1.807) is 0 Å². The molecule has 0 bridgehead atoms. The molecule has 0 aliphatic carbocycles. The molecule has 0 aromatic carbocycles. The number of hydrogen-bond acceptors (Lipinski definition) is 4. The SMILES string of the molecule is COC(=O)NCCCS(=O)(=O)Cl. The van der Waals surface area contributed by atoms with E-state index in [-0.39, 0.29) is 18.7 Å². The number of rotatable bonds is 4. The lowest BCUT2D eigenvalue weighted by Gasteiger charge is -2.00. The summed E-state index contributed by atoms with van der Waals surface area (Å²) in [5.41, 5.74) is 0. The Morgan fingerprint density at radius 2 is 2.17 bits per heavy atom. The zero-order chi connectivity index (χ0) is 9.61. The molecule has 0 aromatic heterocycles. The van der Waals surface area contributed by atoms with Gasteiger partial charge in [0.25, 0.3) is 0 Å². The van der Waals surface area contributed by atoms with Crippen LogP contribution >= 0.6 is 10.7 Å². The van der Waals surface area contributed by atoms with Gasteiger partial charge in [-0.3, -0.25) is 0 Å². The molecule has 0 saturated heterocycles. The van der Waals surface area contributed by atoms with E-state index in [4.69, 9.17) is 10.7 Å². The minimum Gasteiger partial charge on any atom is -0.453 e. The first-order chi connectivity index (χ1) is 5.45. The van der Waals surface area contributed by atoms with Crippen LogP contribution in [0.3, 0.4) is 0 Å². The minimum absolute atomic E-state index is 0.154. The lowest BCUT2D eigenvalue weighted by Crippen LogP contribution is -2.25. The molecule has 7 heteroatoms. The Morgan fingerprint density at radius 3 is 2.58 bits per heavy atom. The monoisotopic (exact) mass is 215 g/mol. The van der Waals surface area contributed by atoms with Gasteiger partial charge in [0, 0.05) is 17.2 Å². The van der Waals surface area contributed by atoms with Crippen LogP contribution in [0.5, 0.6) is 0 Å². The molecule has 0 aromatic rings. The predicted octanol–water partition coefficient (Wildman–Crippen LogP) is 0.301. The highest BCUT2D eigenvalue weighted by Gasteiger charge is 2.04. The third-order valence-electron chi connectivity index (χ3n) is 1.02. The summed E-state index contributed by atoms with van der Waals surface area (Å²) in [6.45, 7) is 0.235. The highest BCUT2D eigenvalue weighted by atomic mass is 35.7. The number of halogens is 1. The number of hydrogen-bond donors (Lipinski definition) is 1. The van der Waals surface area contributed by atoms with Crippen LogP contribution in [0, 0.1) is 0 Å². The van der Waals surface area contributed by atoms with Crippen molar-refractivity contribution in [3.63, 3.8) is 0 Å². The number of carbonyl (C=O) groups excluding carboxylic acids is 1. The van der Waals surface area contributed by atoms with Crippen molar-refractivity contribution < 1.29 is 17.9 Å². The lowest BCUT2D eigenvalue weighted by molar-refractivity contribution is 0.171. The van der Waals surface area contributed by atoms with E-state index in [0.717, 1.165) is 0 Å². The Morgan fingerprint density at radius 1 is 1.58 bits per heavy atom. The highest BCUT2D eigenvalue weighted by Crippen LogP contribution is 1.97. The van der Waals surface area contributed by atoms with Gasteiger partial charge >= 0.3 is 6.09 Å². The van der Waals surface area contributed by atoms with Crippen molar-refractivity contribution >= 4 is 25.8 Å². The fourth-order valence-electron chi connectivity index (χ4n) is 0.507. The molecule has 0 atom stereocenters. The molecule has 0 fully saturated rings. The molecule has 0 aliphatic rings. The molecule has 0 rings (SSSR count). The van der Waals surface area contributed by atoms with Crippen LogP contribution in [0.25, 0.3) is 0 Å². The molecule has 72 valence electrons. The first kappa shape index (κ1) is 11.5. The Bertz CT molecular complexity index is 238. The van der Waals surface area contributed by atoms with Crippen molar-refractivity contribution in [1.29, 1.82) is 0 Å². The number of carbonyl (C=O) groups is 1. The second kappa shape index (κ2) is 5.21. The highest BCUT2D eigenvalue weighted by molar-refractivity contribution is 8.13. The number of ether oxygens (including phenoxy) is 1. The van der Waals surface area contributed by atoms with Crippen LogP contribution in [0.1, 0.15) is 6.42 Å². The fraction of sp³-hybridized carbons (Fsp3) is 0.800. The first-order valence-electron chi connectivity index (χ1n) is 3.20. The van der Waals surface area contributed by atoms with E-state index >= 15 is 0 Å². The van der Waals surface area contributed by atoms with E-state index in [2.05, 4.69) is 10.1 Å². The van der Waals surface area contributed by atoms with Crippen LogP contribution < -0.4 is 5.32 Å². The van der Waals surface area contributed by atoms with Crippen molar-refractivity contribution in [2.45, 2.75) is 6.42 Å². The summed E-state index contributed by atoms with van der Waals surface area (Å²) in [6.07, 6.45) is -0.303. The molecule has 0 spiro atoms. The summed E-state index contributed by atoms with van der Waals surface area (Å²) >= 11 is 0. The standard InChI is InChI=1S/C5H10ClNO4S/c1-11-5(8)7-3-2-4-12(6,9)10/h2-4H2,1H3,(H,7,8). The van der Waals surface area contributed by atoms with Crippen LogP contribution in [0.2, 0.25) is 0 Å². The summed E-state index contributed by atoms with van der Waals surface area (Å²) in [4.78, 5) is 10.4. The van der Waals surface area contributed by atoms with Crippen LogP contribution in [-0.2, 0) is 13.8 Å². The maximum absolute atomic E-state index is 10.4. The smallest absolute Gasteiger partial charge is 0.406 e. The van der Waals surface area contributed by atoms with E-state index in [1.165, 1.54) is 7.11 Å². The van der Waals surface area contributed by atoms with Crippen molar-refractivity contribution in [1.82, 2.24) is 5.32 Å².